The van der Waals surface area contributed by atoms with Crippen molar-refractivity contribution in [2.75, 3.05) is 19.0 Å². The molecule has 0 fully saturated rings. The van der Waals surface area contributed by atoms with E-state index < -0.39 is 0 Å². The second kappa shape index (κ2) is 8.32. The van der Waals surface area contributed by atoms with Crippen LogP contribution < -0.4 is 0 Å². The molecule has 1 heterocycles. The molecule has 0 amide bonds. The van der Waals surface area contributed by atoms with Gasteiger partial charge in [-0.15, -0.1) is 10.2 Å². The van der Waals surface area contributed by atoms with E-state index in [1.807, 2.05) is 25.1 Å². The number of ether oxygens (including phenoxy) is 1. The van der Waals surface area contributed by atoms with Crippen LogP contribution in [0.25, 0.3) is 17.1 Å². The number of aromatic nitrogens is 3. The van der Waals surface area contributed by atoms with Gasteiger partial charge in [0, 0.05) is 17.9 Å². The molecule has 0 N–H and O–H groups in total. The molecule has 5 heteroatoms. The maximum Gasteiger partial charge on any atom is 0.196 e. The Bertz CT molecular complexity index is 830. The molecule has 4 nitrogen and oxygen atoms in total. The molecule has 0 unspecified atom stereocenters. The first-order chi connectivity index (χ1) is 12.2. The third kappa shape index (κ3) is 4.11. The number of rotatable bonds is 7. The van der Waals surface area contributed by atoms with Crippen molar-refractivity contribution in [3.63, 3.8) is 0 Å². The minimum Gasteiger partial charge on any atom is -0.381 e. The van der Waals surface area contributed by atoms with Gasteiger partial charge in [-0.25, -0.2) is 0 Å². The Morgan fingerprint density at radius 1 is 1.00 bits per heavy atom. The summed E-state index contributed by atoms with van der Waals surface area (Å²) in [5.74, 6) is 1.72. The van der Waals surface area contributed by atoms with Crippen LogP contribution in [0.3, 0.4) is 0 Å². The molecule has 25 heavy (non-hydrogen) atoms. The number of nitrogens with zero attached hydrogens (tertiary/aromatic N) is 3. The summed E-state index contributed by atoms with van der Waals surface area (Å²) in [5, 5.41) is 9.79. The highest BCUT2D eigenvalue weighted by atomic mass is 32.2. The van der Waals surface area contributed by atoms with Gasteiger partial charge in [0.05, 0.1) is 12.3 Å². The van der Waals surface area contributed by atoms with Crippen LogP contribution in [0.1, 0.15) is 18.1 Å². The fraction of sp³-hybridized carbons (Fsp3) is 0.300. The molecule has 1 aromatic heterocycles. The lowest BCUT2D eigenvalue weighted by molar-refractivity contribution is 0.164. The van der Waals surface area contributed by atoms with Gasteiger partial charge in [0.15, 0.2) is 11.0 Å². The Balaban J connectivity index is 2.01. The average molecular weight is 353 g/mol. The number of hydrogen-bond acceptors (Lipinski definition) is 4. The van der Waals surface area contributed by atoms with E-state index in [1.165, 1.54) is 11.1 Å². The molecule has 0 aliphatic rings. The molecular formula is C20H23N3OS. The van der Waals surface area contributed by atoms with Crippen molar-refractivity contribution in [3.8, 4) is 17.1 Å². The molecule has 0 bridgehead atoms. The molecule has 130 valence electrons. The molecule has 0 atom stereocenters. The number of thioether (sulfide) groups is 1. The molecule has 0 aliphatic heterocycles. The maximum absolute atomic E-state index is 5.45. The van der Waals surface area contributed by atoms with E-state index in [-0.39, 0.29) is 0 Å². The van der Waals surface area contributed by atoms with Crippen LogP contribution >= 0.6 is 11.8 Å². The van der Waals surface area contributed by atoms with Crippen molar-refractivity contribution in [3.05, 3.63) is 59.7 Å². The van der Waals surface area contributed by atoms with Crippen molar-refractivity contribution in [2.24, 2.45) is 0 Å². The summed E-state index contributed by atoms with van der Waals surface area (Å²) in [6, 6.07) is 16.7. The third-order valence-electron chi connectivity index (χ3n) is 4.08. The Morgan fingerprint density at radius 3 is 2.52 bits per heavy atom. The molecule has 0 saturated heterocycles. The van der Waals surface area contributed by atoms with E-state index in [1.54, 1.807) is 11.8 Å². The van der Waals surface area contributed by atoms with E-state index in [9.17, 15) is 0 Å². The van der Waals surface area contributed by atoms with Crippen molar-refractivity contribution in [2.45, 2.75) is 25.9 Å². The van der Waals surface area contributed by atoms with Crippen LogP contribution in [0.5, 0.6) is 0 Å². The van der Waals surface area contributed by atoms with Crippen molar-refractivity contribution >= 4 is 11.8 Å². The summed E-state index contributed by atoms with van der Waals surface area (Å²) < 4.78 is 7.59. The van der Waals surface area contributed by atoms with Gasteiger partial charge >= 0.3 is 0 Å². The Hall–Kier alpha value is -2.11. The zero-order valence-electron chi connectivity index (χ0n) is 14.9. The highest BCUT2D eigenvalue weighted by Crippen LogP contribution is 2.28. The smallest absolute Gasteiger partial charge is 0.196 e. The van der Waals surface area contributed by atoms with E-state index in [0.29, 0.717) is 6.61 Å². The number of benzene rings is 2. The maximum atomic E-state index is 5.45. The molecular weight excluding hydrogens is 330 g/mol. The molecule has 0 saturated carbocycles. The molecule has 0 radical (unpaired) electrons. The van der Waals surface area contributed by atoms with Crippen LogP contribution in [0.15, 0.2) is 53.7 Å². The number of hydrogen-bond donors (Lipinski definition) is 0. The van der Waals surface area contributed by atoms with Gasteiger partial charge < -0.3 is 4.74 Å². The fourth-order valence-corrected chi connectivity index (χ4v) is 3.37. The van der Waals surface area contributed by atoms with Crippen molar-refractivity contribution < 1.29 is 4.74 Å². The van der Waals surface area contributed by atoms with Gasteiger partial charge in [0.1, 0.15) is 0 Å². The first kappa shape index (κ1) is 17.7. The van der Waals surface area contributed by atoms with E-state index in [4.69, 9.17) is 4.74 Å². The lowest BCUT2D eigenvalue weighted by atomic mass is 10.1. The standard InChI is InChI=1S/C20H23N3OS/c1-4-24-12-13-25-20-22-21-19(17-8-6-5-7-9-17)23(20)18-11-10-15(2)16(3)14-18/h5-11,14H,4,12-13H2,1-3H3. The van der Waals surface area contributed by atoms with E-state index >= 15 is 0 Å². The Morgan fingerprint density at radius 2 is 1.80 bits per heavy atom. The van der Waals surface area contributed by atoms with Crippen LogP contribution in [0.4, 0.5) is 0 Å². The predicted octanol–water partition coefficient (Wildman–Crippen LogP) is 4.68. The predicted molar refractivity (Wildman–Crippen MR) is 103 cm³/mol. The van der Waals surface area contributed by atoms with Gasteiger partial charge in [0.2, 0.25) is 0 Å². The quantitative estimate of drug-likeness (QED) is 0.457. The highest BCUT2D eigenvalue weighted by molar-refractivity contribution is 7.99. The largest absolute Gasteiger partial charge is 0.381 e. The zero-order valence-corrected chi connectivity index (χ0v) is 15.7. The molecule has 3 rings (SSSR count). The molecule has 0 spiro atoms. The summed E-state index contributed by atoms with van der Waals surface area (Å²) in [6.45, 7) is 7.71. The lowest BCUT2D eigenvalue weighted by Crippen LogP contribution is -2.02. The molecule has 3 aromatic rings. The highest BCUT2D eigenvalue weighted by Gasteiger charge is 2.16. The van der Waals surface area contributed by atoms with Gasteiger partial charge in [-0.2, -0.15) is 0 Å². The molecule has 2 aromatic carbocycles. The SMILES string of the molecule is CCOCCSc1nnc(-c2ccccc2)n1-c1ccc(C)c(C)c1. The Labute approximate surface area is 153 Å². The summed E-state index contributed by atoms with van der Waals surface area (Å²) in [5.41, 5.74) is 4.69. The summed E-state index contributed by atoms with van der Waals surface area (Å²) in [4.78, 5) is 0. The van der Waals surface area contributed by atoms with Crippen LogP contribution in [-0.4, -0.2) is 33.7 Å². The van der Waals surface area contributed by atoms with Crippen molar-refractivity contribution in [1.29, 1.82) is 0 Å². The fourth-order valence-electron chi connectivity index (χ4n) is 2.57. The van der Waals surface area contributed by atoms with E-state index in [0.717, 1.165) is 34.6 Å². The number of aryl methyl sites for hydroxylation is 2. The molecule has 0 aliphatic carbocycles. The monoisotopic (exact) mass is 353 g/mol. The first-order valence-corrected chi connectivity index (χ1v) is 9.48. The summed E-state index contributed by atoms with van der Waals surface area (Å²) in [6.07, 6.45) is 0. The minimum atomic E-state index is 0.710. The van der Waals surface area contributed by atoms with E-state index in [2.05, 4.69) is 58.9 Å². The summed E-state index contributed by atoms with van der Waals surface area (Å²) in [7, 11) is 0. The topological polar surface area (TPSA) is 39.9 Å². The van der Waals surface area contributed by atoms with Gasteiger partial charge in [-0.3, -0.25) is 4.57 Å². The van der Waals surface area contributed by atoms with Gasteiger partial charge in [-0.1, -0.05) is 48.2 Å². The minimum absolute atomic E-state index is 0.710. The van der Waals surface area contributed by atoms with Crippen LogP contribution in [-0.2, 0) is 4.74 Å². The zero-order chi connectivity index (χ0) is 17.6. The lowest BCUT2D eigenvalue weighted by Gasteiger charge is -2.12. The normalized spacial score (nSPS) is 11.0. The third-order valence-corrected chi connectivity index (χ3v) is 4.97. The second-order valence-corrected chi connectivity index (χ2v) is 6.88. The van der Waals surface area contributed by atoms with Crippen molar-refractivity contribution in [1.82, 2.24) is 14.8 Å². The van der Waals surface area contributed by atoms with Crippen LogP contribution in [0.2, 0.25) is 0 Å². The Kier molecular flexibility index (Phi) is 5.89. The summed E-state index contributed by atoms with van der Waals surface area (Å²) >= 11 is 1.67. The second-order valence-electron chi connectivity index (χ2n) is 5.82. The van der Waals surface area contributed by atoms with Gasteiger partial charge in [-0.05, 0) is 44.0 Å². The van der Waals surface area contributed by atoms with Crippen LogP contribution in [0, 0.1) is 13.8 Å². The average Bonchev–Trinajstić information content (AvgIpc) is 3.06. The first-order valence-electron chi connectivity index (χ1n) is 8.49. The van der Waals surface area contributed by atoms with Gasteiger partial charge in [0.25, 0.3) is 0 Å².